The number of benzene rings is 1. The smallest absolute Gasteiger partial charge is 0.260 e. The molecule has 2 rings (SSSR count). The highest BCUT2D eigenvalue weighted by molar-refractivity contribution is 6.31. The number of carbonyl (C=O) groups excluding carboxylic acids is 3. The minimum atomic E-state index is -0.693. The number of primary amides is 2. The molecule has 0 bridgehead atoms. The minimum absolute atomic E-state index is 0.110. The number of amides is 3. The quantitative estimate of drug-likeness (QED) is 0.814. The second-order valence-corrected chi connectivity index (χ2v) is 5.81. The van der Waals surface area contributed by atoms with Crippen LogP contribution in [0, 0.1) is 5.92 Å². The molecular weight excluding hydrogens is 322 g/mol. The van der Waals surface area contributed by atoms with Gasteiger partial charge in [-0.1, -0.05) is 11.6 Å². The summed E-state index contributed by atoms with van der Waals surface area (Å²) in [4.78, 5) is 36.4. The maximum atomic E-state index is 12.2. The number of carbonyl (C=O) groups is 3. The second kappa shape index (κ2) is 7.32. The van der Waals surface area contributed by atoms with Crippen molar-refractivity contribution in [2.75, 3.05) is 19.7 Å². The predicted octanol–water partition coefficient (Wildman–Crippen LogP) is 0.542. The number of piperidine rings is 1. The first-order valence-corrected chi connectivity index (χ1v) is 7.55. The molecule has 0 aliphatic carbocycles. The summed E-state index contributed by atoms with van der Waals surface area (Å²) in [7, 11) is 0. The van der Waals surface area contributed by atoms with Crippen molar-refractivity contribution in [3.63, 3.8) is 0 Å². The number of hydrogen-bond donors (Lipinski definition) is 2. The van der Waals surface area contributed by atoms with Crippen LogP contribution in [0.4, 0.5) is 0 Å². The van der Waals surface area contributed by atoms with E-state index in [-0.39, 0.29) is 29.7 Å². The van der Waals surface area contributed by atoms with E-state index in [4.69, 9.17) is 27.8 Å². The zero-order valence-electron chi connectivity index (χ0n) is 12.5. The fourth-order valence-corrected chi connectivity index (χ4v) is 2.66. The van der Waals surface area contributed by atoms with Gasteiger partial charge in [-0.25, -0.2) is 0 Å². The Morgan fingerprint density at radius 1 is 1.30 bits per heavy atom. The van der Waals surface area contributed by atoms with E-state index in [0.29, 0.717) is 31.0 Å². The van der Waals surface area contributed by atoms with Crippen molar-refractivity contribution in [2.45, 2.75) is 12.8 Å². The van der Waals surface area contributed by atoms with Gasteiger partial charge >= 0.3 is 0 Å². The van der Waals surface area contributed by atoms with E-state index in [1.54, 1.807) is 4.90 Å². The molecule has 7 nitrogen and oxygen atoms in total. The molecule has 4 N–H and O–H groups in total. The van der Waals surface area contributed by atoms with Crippen molar-refractivity contribution in [3.05, 3.63) is 28.8 Å². The second-order valence-electron chi connectivity index (χ2n) is 5.37. The van der Waals surface area contributed by atoms with Gasteiger partial charge in [0.2, 0.25) is 5.91 Å². The molecule has 124 valence electrons. The predicted molar refractivity (Wildman–Crippen MR) is 84.0 cm³/mol. The van der Waals surface area contributed by atoms with Gasteiger partial charge in [0.15, 0.2) is 6.61 Å². The molecule has 1 heterocycles. The van der Waals surface area contributed by atoms with Crippen LogP contribution in [-0.2, 0) is 9.59 Å². The van der Waals surface area contributed by atoms with Crippen LogP contribution in [0.15, 0.2) is 18.2 Å². The molecule has 1 aromatic rings. The van der Waals surface area contributed by atoms with Gasteiger partial charge in [0.05, 0.1) is 11.5 Å². The lowest BCUT2D eigenvalue weighted by atomic mass is 9.97. The highest BCUT2D eigenvalue weighted by Crippen LogP contribution is 2.23. The Hall–Kier alpha value is -2.28. The van der Waals surface area contributed by atoms with Gasteiger partial charge in [-0.3, -0.25) is 14.4 Å². The summed E-state index contributed by atoms with van der Waals surface area (Å²) in [6, 6.07) is 4.41. The Morgan fingerprint density at radius 3 is 2.70 bits per heavy atom. The monoisotopic (exact) mass is 339 g/mol. The maximum absolute atomic E-state index is 12.2. The van der Waals surface area contributed by atoms with Gasteiger partial charge in [-0.15, -0.1) is 0 Å². The molecular formula is C15H18ClN3O4. The fourth-order valence-electron chi connectivity index (χ4n) is 2.49. The van der Waals surface area contributed by atoms with E-state index in [9.17, 15) is 14.4 Å². The zero-order chi connectivity index (χ0) is 17.0. The molecule has 0 radical (unpaired) electrons. The largest absolute Gasteiger partial charge is 0.483 e. The highest BCUT2D eigenvalue weighted by atomic mass is 35.5. The average Bonchev–Trinajstić information content (AvgIpc) is 2.53. The summed E-state index contributed by atoms with van der Waals surface area (Å²) >= 11 is 5.81. The Labute approximate surface area is 138 Å². The first kappa shape index (κ1) is 17.1. The van der Waals surface area contributed by atoms with E-state index >= 15 is 0 Å². The molecule has 0 spiro atoms. The molecule has 0 saturated carbocycles. The summed E-state index contributed by atoms with van der Waals surface area (Å²) < 4.78 is 5.40. The molecule has 1 aliphatic heterocycles. The first-order valence-electron chi connectivity index (χ1n) is 7.17. The molecule has 8 heteroatoms. The summed E-state index contributed by atoms with van der Waals surface area (Å²) in [6.45, 7) is 0.587. The van der Waals surface area contributed by atoms with Gasteiger partial charge in [-0.05, 0) is 31.0 Å². The summed E-state index contributed by atoms with van der Waals surface area (Å²) in [5.41, 5.74) is 10.7. The fraction of sp³-hybridized carbons (Fsp3) is 0.400. The molecule has 0 aromatic heterocycles. The molecule has 0 unspecified atom stereocenters. The average molecular weight is 340 g/mol. The van der Waals surface area contributed by atoms with Crippen LogP contribution < -0.4 is 16.2 Å². The molecule has 1 aliphatic rings. The standard InChI is InChI=1S/C15H18ClN3O4/c16-10-3-4-12(11(6-10)15(18)22)23-8-13(20)19-5-1-2-9(7-19)14(17)21/h3-4,6,9H,1-2,5,7-8H2,(H2,17,21)(H2,18,22)/t9-/m1/s1. The number of rotatable bonds is 5. The summed E-state index contributed by atoms with van der Waals surface area (Å²) in [6.07, 6.45) is 1.40. The summed E-state index contributed by atoms with van der Waals surface area (Å²) in [5.74, 6) is -1.51. The van der Waals surface area contributed by atoms with Crippen molar-refractivity contribution in [2.24, 2.45) is 17.4 Å². The topological polar surface area (TPSA) is 116 Å². The number of nitrogens with zero attached hydrogens (tertiary/aromatic N) is 1. The van der Waals surface area contributed by atoms with Crippen molar-refractivity contribution in [1.82, 2.24) is 4.90 Å². The zero-order valence-corrected chi connectivity index (χ0v) is 13.2. The number of hydrogen-bond acceptors (Lipinski definition) is 4. The van der Waals surface area contributed by atoms with Crippen LogP contribution in [-0.4, -0.2) is 42.3 Å². The van der Waals surface area contributed by atoms with E-state index in [1.807, 2.05) is 0 Å². The molecule has 1 fully saturated rings. The van der Waals surface area contributed by atoms with E-state index in [0.717, 1.165) is 0 Å². The third-order valence-electron chi connectivity index (χ3n) is 3.73. The van der Waals surface area contributed by atoms with Gasteiger partial charge in [0.25, 0.3) is 11.8 Å². The van der Waals surface area contributed by atoms with Crippen molar-refractivity contribution < 1.29 is 19.1 Å². The van der Waals surface area contributed by atoms with Crippen LogP contribution in [0.5, 0.6) is 5.75 Å². The first-order chi connectivity index (χ1) is 10.9. The van der Waals surface area contributed by atoms with Crippen molar-refractivity contribution >= 4 is 29.3 Å². The maximum Gasteiger partial charge on any atom is 0.260 e. The highest BCUT2D eigenvalue weighted by Gasteiger charge is 2.27. The van der Waals surface area contributed by atoms with Gasteiger partial charge in [-0.2, -0.15) is 0 Å². The molecule has 1 aromatic carbocycles. The number of nitrogens with two attached hydrogens (primary N) is 2. The van der Waals surface area contributed by atoms with E-state index in [1.165, 1.54) is 18.2 Å². The van der Waals surface area contributed by atoms with Crippen LogP contribution in [0.2, 0.25) is 5.02 Å². The number of ether oxygens (including phenoxy) is 1. The Morgan fingerprint density at radius 2 is 2.04 bits per heavy atom. The SMILES string of the molecule is NC(=O)c1cc(Cl)ccc1OCC(=O)N1CCC[C@@H](C(N)=O)C1. The number of halogens is 1. The van der Waals surface area contributed by atoms with Gasteiger partial charge < -0.3 is 21.1 Å². The van der Waals surface area contributed by atoms with E-state index in [2.05, 4.69) is 0 Å². The molecule has 1 atom stereocenters. The normalized spacial score (nSPS) is 17.6. The van der Waals surface area contributed by atoms with E-state index < -0.39 is 11.8 Å². The van der Waals surface area contributed by atoms with Gasteiger partial charge in [0, 0.05) is 18.1 Å². The lowest BCUT2D eigenvalue weighted by molar-refractivity contribution is -0.136. The van der Waals surface area contributed by atoms with Gasteiger partial charge in [0.1, 0.15) is 5.75 Å². The summed E-state index contributed by atoms with van der Waals surface area (Å²) in [5, 5.41) is 0.345. The lowest BCUT2D eigenvalue weighted by Gasteiger charge is -2.31. The van der Waals surface area contributed by atoms with Crippen LogP contribution >= 0.6 is 11.6 Å². The van der Waals surface area contributed by atoms with Crippen molar-refractivity contribution in [3.8, 4) is 5.75 Å². The number of likely N-dealkylation sites (tertiary alicyclic amines) is 1. The van der Waals surface area contributed by atoms with Crippen LogP contribution in [0.25, 0.3) is 0 Å². The molecule has 3 amide bonds. The van der Waals surface area contributed by atoms with Crippen molar-refractivity contribution in [1.29, 1.82) is 0 Å². The third-order valence-corrected chi connectivity index (χ3v) is 3.97. The van der Waals surface area contributed by atoms with Crippen LogP contribution in [0.1, 0.15) is 23.2 Å². The Bertz CT molecular complexity index is 635. The molecule has 1 saturated heterocycles. The minimum Gasteiger partial charge on any atom is -0.483 e. The lowest BCUT2D eigenvalue weighted by Crippen LogP contribution is -2.45. The van der Waals surface area contributed by atoms with Crippen LogP contribution in [0.3, 0.4) is 0 Å². The Kier molecular flexibility index (Phi) is 5.44. The molecule has 23 heavy (non-hydrogen) atoms. The Balaban J connectivity index is 1.99. The third kappa shape index (κ3) is 4.35.